The second-order valence-corrected chi connectivity index (χ2v) is 5.26. The number of likely N-dealkylation sites (tertiary alicyclic amines) is 1. The highest BCUT2D eigenvalue weighted by atomic mass is 16.3. The van der Waals surface area contributed by atoms with E-state index in [0.29, 0.717) is 12.5 Å². The van der Waals surface area contributed by atoms with Crippen molar-refractivity contribution in [3.8, 4) is 0 Å². The number of hydrogen-bond donors (Lipinski definition) is 1. The van der Waals surface area contributed by atoms with Crippen molar-refractivity contribution in [3.63, 3.8) is 0 Å². The Morgan fingerprint density at radius 2 is 2.14 bits per heavy atom. The summed E-state index contributed by atoms with van der Waals surface area (Å²) in [6.07, 6.45) is 6.70. The molecule has 0 spiro atoms. The van der Waals surface area contributed by atoms with Gasteiger partial charge in [-0.1, -0.05) is 6.92 Å². The first-order chi connectivity index (χ1) is 6.79. The minimum atomic E-state index is 0.388. The molecule has 2 heteroatoms. The third-order valence-electron chi connectivity index (χ3n) is 3.99. The highest BCUT2D eigenvalue weighted by molar-refractivity contribution is 4.84. The predicted molar refractivity (Wildman–Crippen MR) is 58.2 cm³/mol. The summed E-state index contributed by atoms with van der Waals surface area (Å²) in [5.74, 6) is 1.48. The first kappa shape index (κ1) is 10.4. The number of hydrogen-bond acceptors (Lipinski definition) is 2. The van der Waals surface area contributed by atoms with Crippen molar-refractivity contribution in [2.75, 3.05) is 19.7 Å². The van der Waals surface area contributed by atoms with Gasteiger partial charge in [-0.2, -0.15) is 0 Å². The number of aliphatic hydroxyl groups is 1. The molecule has 0 unspecified atom stereocenters. The molecule has 14 heavy (non-hydrogen) atoms. The Hall–Kier alpha value is -0.0800. The highest BCUT2D eigenvalue weighted by Crippen LogP contribution is 2.31. The van der Waals surface area contributed by atoms with Crippen molar-refractivity contribution in [1.29, 1.82) is 0 Å². The number of piperidine rings is 1. The molecule has 2 fully saturated rings. The molecular formula is C12H23NO. The largest absolute Gasteiger partial charge is 0.396 e. The number of rotatable bonds is 2. The van der Waals surface area contributed by atoms with E-state index in [1.165, 1.54) is 38.6 Å². The molecule has 2 aliphatic rings. The van der Waals surface area contributed by atoms with Gasteiger partial charge >= 0.3 is 0 Å². The van der Waals surface area contributed by atoms with E-state index in [9.17, 15) is 5.11 Å². The van der Waals surface area contributed by atoms with E-state index < -0.39 is 0 Å². The lowest BCUT2D eigenvalue weighted by atomic mass is 9.97. The smallest absolute Gasteiger partial charge is 0.0471 e. The minimum Gasteiger partial charge on any atom is -0.396 e. The van der Waals surface area contributed by atoms with Crippen LogP contribution in [-0.4, -0.2) is 35.7 Å². The third kappa shape index (κ3) is 2.29. The quantitative estimate of drug-likeness (QED) is 0.730. The molecule has 0 radical (unpaired) electrons. The zero-order valence-electron chi connectivity index (χ0n) is 9.28. The van der Waals surface area contributed by atoms with E-state index >= 15 is 0 Å². The summed E-state index contributed by atoms with van der Waals surface area (Å²) < 4.78 is 0. The summed E-state index contributed by atoms with van der Waals surface area (Å²) in [6, 6.07) is 0.833. The summed E-state index contributed by atoms with van der Waals surface area (Å²) in [4.78, 5) is 2.63. The van der Waals surface area contributed by atoms with Gasteiger partial charge in [-0.3, -0.25) is 0 Å². The fraction of sp³-hybridized carbons (Fsp3) is 1.00. The van der Waals surface area contributed by atoms with Gasteiger partial charge in [-0.05, 0) is 50.5 Å². The monoisotopic (exact) mass is 197 g/mol. The molecule has 1 heterocycles. The van der Waals surface area contributed by atoms with Crippen molar-refractivity contribution in [2.45, 2.75) is 45.1 Å². The van der Waals surface area contributed by atoms with Gasteiger partial charge < -0.3 is 10.0 Å². The van der Waals surface area contributed by atoms with E-state index in [-0.39, 0.29) is 0 Å². The van der Waals surface area contributed by atoms with Crippen LogP contribution in [0.4, 0.5) is 0 Å². The van der Waals surface area contributed by atoms with E-state index in [1.807, 2.05) is 0 Å². The van der Waals surface area contributed by atoms with Crippen LogP contribution in [0.3, 0.4) is 0 Å². The molecule has 3 atom stereocenters. The summed E-state index contributed by atoms with van der Waals surface area (Å²) in [7, 11) is 0. The van der Waals surface area contributed by atoms with E-state index in [1.54, 1.807) is 0 Å². The highest BCUT2D eigenvalue weighted by Gasteiger charge is 2.30. The molecule has 0 bridgehead atoms. The van der Waals surface area contributed by atoms with Crippen LogP contribution in [-0.2, 0) is 0 Å². The second-order valence-electron chi connectivity index (χ2n) is 5.26. The van der Waals surface area contributed by atoms with Crippen LogP contribution in [0.1, 0.15) is 39.0 Å². The lowest BCUT2D eigenvalue weighted by Gasteiger charge is -2.36. The van der Waals surface area contributed by atoms with Crippen LogP contribution in [0.15, 0.2) is 0 Å². The average molecular weight is 197 g/mol. The third-order valence-corrected chi connectivity index (χ3v) is 3.99. The molecule has 1 saturated carbocycles. The molecule has 0 aromatic rings. The Morgan fingerprint density at radius 1 is 1.29 bits per heavy atom. The molecular weight excluding hydrogens is 174 g/mol. The predicted octanol–water partition coefficient (Wildman–Crippen LogP) is 1.88. The lowest BCUT2D eigenvalue weighted by molar-refractivity contribution is 0.0885. The Kier molecular flexibility index (Phi) is 3.45. The van der Waals surface area contributed by atoms with Gasteiger partial charge in [0.05, 0.1) is 0 Å². The first-order valence-corrected chi connectivity index (χ1v) is 6.14. The zero-order valence-corrected chi connectivity index (χ0v) is 9.28. The van der Waals surface area contributed by atoms with Crippen molar-refractivity contribution in [1.82, 2.24) is 4.90 Å². The number of aliphatic hydroxyl groups excluding tert-OH is 1. The van der Waals surface area contributed by atoms with Crippen LogP contribution in [0, 0.1) is 11.8 Å². The second kappa shape index (κ2) is 4.63. The van der Waals surface area contributed by atoms with Gasteiger partial charge in [0.15, 0.2) is 0 Å². The maximum absolute atomic E-state index is 9.18. The molecule has 2 rings (SSSR count). The van der Waals surface area contributed by atoms with E-state index in [2.05, 4.69) is 11.8 Å². The molecule has 1 N–H and O–H groups in total. The fourth-order valence-electron chi connectivity index (χ4n) is 3.09. The summed E-state index contributed by atoms with van der Waals surface area (Å²) in [5, 5.41) is 9.18. The maximum atomic E-state index is 9.18. The van der Waals surface area contributed by atoms with E-state index in [4.69, 9.17) is 0 Å². The topological polar surface area (TPSA) is 23.5 Å². The van der Waals surface area contributed by atoms with Gasteiger partial charge in [-0.25, -0.2) is 0 Å². The molecule has 1 saturated heterocycles. The Bertz CT molecular complexity index is 183. The molecule has 1 aliphatic carbocycles. The van der Waals surface area contributed by atoms with Crippen LogP contribution in [0.5, 0.6) is 0 Å². The fourth-order valence-corrected chi connectivity index (χ4v) is 3.09. The molecule has 1 aliphatic heterocycles. The SMILES string of the molecule is C[C@H]1CC[C@@H](N2CCC[C@@H](CO)C2)C1. The van der Waals surface area contributed by atoms with Gasteiger partial charge in [-0.15, -0.1) is 0 Å². The van der Waals surface area contributed by atoms with Gasteiger partial charge in [0.2, 0.25) is 0 Å². The standard InChI is InChI=1S/C12H23NO/c1-10-4-5-12(7-10)13-6-2-3-11(8-13)9-14/h10-12,14H,2-9H2,1H3/t10-,11+,12+/m0/s1. The Balaban J connectivity index is 1.84. The molecule has 2 nitrogen and oxygen atoms in total. The van der Waals surface area contributed by atoms with Crippen molar-refractivity contribution >= 4 is 0 Å². The Morgan fingerprint density at radius 3 is 2.79 bits per heavy atom. The van der Waals surface area contributed by atoms with Crippen molar-refractivity contribution < 1.29 is 5.11 Å². The van der Waals surface area contributed by atoms with Crippen molar-refractivity contribution in [2.24, 2.45) is 11.8 Å². The molecule has 0 amide bonds. The zero-order chi connectivity index (χ0) is 9.97. The summed E-state index contributed by atoms with van der Waals surface area (Å²) >= 11 is 0. The van der Waals surface area contributed by atoms with Crippen LogP contribution in [0.2, 0.25) is 0 Å². The molecule has 82 valence electrons. The average Bonchev–Trinajstić information content (AvgIpc) is 2.65. The first-order valence-electron chi connectivity index (χ1n) is 6.14. The van der Waals surface area contributed by atoms with Gasteiger partial charge in [0, 0.05) is 19.2 Å². The summed E-state index contributed by atoms with van der Waals surface area (Å²) in [6.45, 7) is 5.17. The van der Waals surface area contributed by atoms with Gasteiger partial charge in [0.1, 0.15) is 0 Å². The molecule has 0 aromatic carbocycles. The minimum absolute atomic E-state index is 0.388. The lowest BCUT2D eigenvalue weighted by Crippen LogP contribution is -2.42. The van der Waals surface area contributed by atoms with E-state index in [0.717, 1.165) is 18.5 Å². The maximum Gasteiger partial charge on any atom is 0.0471 e. The Labute approximate surface area is 87.3 Å². The normalized spacial score (nSPS) is 40.3. The van der Waals surface area contributed by atoms with Crippen LogP contribution < -0.4 is 0 Å². The van der Waals surface area contributed by atoms with Crippen LogP contribution >= 0.6 is 0 Å². The summed E-state index contributed by atoms with van der Waals surface area (Å²) in [5.41, 5.74) is 0. The van der Waals surface area contributed by atoms with Gasteiger partial charge in [0.25, 0.3) is 0 Å². The number of nitrogens with zero attached hydrogens (tertiary/aromatic N) is 1. The van der Waals surface area contributed by atoms with Crippen molar-refractivity contribution in [3.05, 3.63) is 0 Å². The van der Waals surface area contributed by atoms with Crippen LogP contribution in [0.25, 0.3) is 0 Å². The molecule has 0 aromatic heterocycles.